The molecule has 0 aromatic heterocycles. The molecule has 10 nitrogen and oxygen atoms in total. The smallest absolute Gasteiger partial charge is 0.147 e. The highest BCUT2D eigenvalue weighted by Crippen LogP contribution is 2.30. The van der Waals surface area contributed by atoms with Crippen molar-refractivity contribution in [1.82, 2.24) is 10.9 Å². The minimum atomic E-state index is 0.286. The first-order valence-corrected chi connectivity index (χ1v) is 17.6. The Morgan fingerprint density at radius 3 is 1.67 bits per heavy atom. The van der Waals surface area contributed by atoms with E-state index in [1.54, 1.807) is 0 Å². The number of hydrogen-bond donors (Lipinski definition) is 2. The van der Waals surface area contributed by atoms with Crippen LogP contribution in [-0.4, -0.2) is 56.9 Å². The van der Waals surface area contributed by atoms with E-state index in [9.17, 15) is 0 Å². The summed E-state index contributed by atoms with van der Waals surface area (Å²) in [5.74, 6) is 0.564. The van der Waals surface area contributed by atoms with Gasteiger partial charge in [0.15, 0.2) is 0 Å². The molecule has 242 valence electrons. The maximum absolute atomic E-state index is 5.90. The molecular formula is C32H60N6O4. The fourth-order valence-electron chi connectivity index (χ4n) is 6.82. The molecule has 0 aromatic rings. The van der Waals surface area contributed by atoms with Crippen LogP contribution in [0.1, 0.15) is 141 Å². The molecule has 2 fully saturated rings. The lowest BCUT2D eigenvalue weighted by molar-refractivity contribution is -0.302. The number of ether oxygens (including phenoxy) is 2. The molecule has 10 heteroatoms. The van der Waals surface area contributed by atoms with Gasteiger partial charge in [-0.05, 0) is 57.3 Å². The van der Waals surface area contributed by atoms with Crippen molar-refractivity contribution in [3.05, 3.63) is 0 Å². The zero-order chi connectivity index (χ0) is 28.9. The van der Waals surface area contributed by atoms with E-state index < -0.39 is 0 Å². The molecule has 0 spiro atoms. The third-order valence-corrected chi connectivity index (χ3v) is 9.59. The van der Waals surface area contributed by atoms with E-state index in [2.05, 4.69) is 31.5 Å². The van der Waals surface area contributed by atoms with Gasteiger partial charge in [0, 0.05) is 6.61 Å². The van der Waals surface area contributed by atoms with Gasteiger partial charge in [-0.3, -0.25) is 10.9 Å². The van der Waals surface area contributed by atoms with Crippen molar-refractivity contribution in [2.45, 2.75) is 172 Å². The van der Waals surface area contributed by atoms with Crippen LogP contribution in [-0.2, 0) is 19.2 Å². The third kappa shape index (κ3) is 13.5. The van der Waals surface area contributed by atoms with Crippen molar-refractivity contribution >= 4 is 0 Å². The van der Waals surface area contributed by atoms with Crippen LogP contribution in [0.3, 0.4) is 0 Å². The molecule has 0 saturated heterocycles. The van der Waals surface area contributed by atoms with Crippen LogP contribution in [0, 0.1) is 5.92 Å². The van der Waals surface area contributed by atoms with Gasteiger partial charge in [0.05, 0.1) is 43.5 Å². The summed E-state index contributed by atoms with van der Waals surface area (Å²) in [4.78, 5) is 10.9. The second kappa shape index (κ2) is 21.4. The maximum Gasteiger partial charge on any atom is 0.147 e. The molecule has 2 N–H and O–H groups in total. The number of nitrogens with one attached hydrogen (secondary N) is 2. The first kappa shape index (κ1) is 33.5. The number of fused-ring (bicyclic) bond motifs is 2. The first-order valence-electron chi connectivity index (χ1n) is 17.6. The summed E-state index contributed by atoms with van der Waals surface area (Å²) >= 11 is 0. The minimum absolute atomic E-state index is 0.286. The van der Waals surface area contributed by atoms with Crippen LogP contribution in [0.2, 0.25) is 0 Å². The van der Waals surface area contributed by atoms with Crippen LogP contribution in [0.25, 0.3) is 0 Å². The van der Waals surface area contributed by atoms with Gasteiger partial charge < -0.3 is 9.47 Å². The second-order valence-electron chi connectivity index (χ2n) is 13.1. The summed E-state index contributed by atoms with van der Waals surface area (Å²) in [6.07, 6.45) is 28.1. The zero-order valence-electron chi connectivity index (χ0n) is 26.3. The average Bonchev–Trinajstić information content (AvgIpc) is 3.68. The quantitative estimate of drug-likeness (QED) is 0.0482. The van der Waals surface area contributed by atoms with Gasteiger partial charge in [-0.2, -0.15) is 10.2 Å². The Balaban J connectivity index is 0.777. The van der Waals surface area contributed by atoms with Crippen molar-refractivity contribution in [2.24, 2.45) is 26.6 Å². The number of rotatable bonds is 25. The highest BCUT2D eigenvalue weighted by molar-refractivity contribution is 4.91. The lowest BCUT2D eigenvalue weighted by Crippen LogP contribution is -2.40. The van der Waals surface area contributed by atoms with Crippen LogP contribution in [0.5, 0.6) is 0 Å². The second-order valence-corrected chi connectivity index (χ2v) is 13.1. The van der Waals surface area contributed by atoms with Gasteiger partial charge in [0.1, 0.15) is 6.79 Å². The molecule has 6 unspecified atom stereocenters. The van der Waals surface area contributed by atoms with Gasteiger partial charge in [-0.15, -0.1) is 0 Å². The summed E-state index contributed by atoms with van der Waals surface area (Å²) in [6.45, 7) is 2.67. The van der Waals surface area contributed by atoms with E-state index in [4.69, 9.17) is 19.2 Å². The Morgan fingerprint density at radius 2 is 1.05 bits per heavy atom. The molecule has 0 amide bonds. The summed E-state index contributed by atoms with van der Waals surface area (Å²) in [6, 6.07) is 1.53. The normalized spacial score (nSPS) is 28.0. The summed E-state index contributed by atoms with van der Waals surface area (Å²) in [5, 5.41) is 16.4. The zero-order valence-corrected chi connectivity index (χ0v) is 26.3. The van der Waals surface area contributed by atoms with Crippen molar-refractivity contribution in [1.29, 1.82) is 0 Å². The molecular weight excluding hydrogens is 532 g/mol. The predicted octanol–water partition coefficient (Wildman–Crippen LogP) is 7.93. The molecule has 2 saturated carbocycles. The number of hydrogen-bond acceptors (Lipinski definition) is 10. The Bertz CT molecular complexity index is 684. The van der Waals surface area contributed by atoms with Gasteiger partial charge in [-0.1, -0.05) is 100 Å². The monoisotopic (exact) mass is 592 g/mol. The van der Waals surface area contributed by atoms with Crippen LogP contribution < -0.4 is 10.9 Å². The Hall–Kier alpha value is -1.36. The van der Waals surface area contributed by atoms with Crippen molar-refractivity contribution in [3.8, 4) is 0 Å². The topological polar surface area (TPSA) is 110 Å². The largest absolute Gasteiger partial charge is 0.355 e. The Labute approximate surface area is 254 Å². The van der Waals surface area contributed by atoms with Crippen LogP contribution in [0.4, 0.5) is 0 Å². The highest BCUT2D eigenvalue weighted by Gasteiger charge is 2.34. The van der Waals surface area contributed by atoms with E-state index in [0.717, 1.165) is 64.6 Å². The highest BCUT2D eigenvalue weighted by atomic mass is 17.2. The van der Waals surface area contributed by atoms with E-state index in [1.165, 1.54) is 89.9 Å². The minimum Gasteiger partial charge on any atom is -0.355 e. The standard InChI is InChI=1S/C32H60N6O4/c1(3-5-7-9-11-13-15-21-39-26-40-28-18-20-30-32(24-28)36-38-34-30)2-4-6-8-10-12-14-16-22-41-42-25-27-17-19-29-31(23-27)35-37-33-29/h27-32H,1-26H2,(H,33,35)(H,34,36). The molecule has 42 heavy (non-hydrogen) atoms. The van der Waals surface area contributed by atoms with Gasteiger partial charge >= 0.3 is 0 Å². The summed E-state index contributed by atoms with van der Waals surface area (Å²) in [5.41, 5.74) is 6.21. The first-order chi connectivity index (χ1) is 20.9. The SMILES string of the molecule is C(CCCCCCCCCOOCC1CCC2N=NNC2C1)CCCCCCCCOCOC1CCC2N=NNC2C1. The molecule has 4 rings (SSSR count). The molecule has 0 aromatic carbocycles. The van der Waals surface area contributed by atoms with Gasteiger partial charge in [0.2, 0.25) is 0 Å². The molecule has 2 aliphatic heterocycles. The van der Waals surface area contributed by atoms with Crippen molar-refractivity contribution in [2.75, 3.05) is 26.6 Å². The van der Waals surface area contributed by atoms with E-state index >= 15 is 0 Å². The van der Waals surface area contributed by atoms with Crippen LogP contribution >= 0.6 is 0 Å². The fourth-order valence-corrected chi connectivity index (χ4v) is 6.82. The lowest BCUT2D eigenvalue weighted by Gasteiger charge is -2.29. The predicted molar refractivity (Wildman–Crippen MR) is 164 cm³/mol. The average molecular weight is 593 g/mol. The molecule has 0 bridgehead atoms. The molecule has 6 atom stereocenters. The van der Waals surface area contributed by atoms with Crippen molar-refractivity contribution < 1.29 is 19.2 Å². The van der Waals surface area contributed by atoms with Gasteiger partial charge in [0.25, 0.3) is 0 Å². The molecule has 4 aliphatic rings. The molecule has 2 aliphatic carbocycles. The van der Waals surface area contributed by atoms with E-state index in [0.29, 0.717) is 43.5 Å². The Kier molecular flexibility index (Phi) is 17.1. The van der Waals surface area contributed by atoms with Gasteiger partial charge in [-0.25, -0.2) is 9.78 Å². The van der Waals surface area contributed by atoms with E-state index in [1.807, 2.05) is 0 Å². The summed E-state index contributed by atoms with van der Waals surface area (Å²) < 4.78 is 11.6. The lowest BCUT2D eigenvalue weighted by atomic mass is 9.84. The maximum atomic E-state index is 5.90. The number of nitrogens with zero attached hydrogens (tertiary/aromatic N) is 4. The number of unbranched alkanes of at least 4 members (excludes halogenated alkanes) is 15. The molecule has 2 heterocycles. The molecule has 0 radical (unpaired) electrons. The van der Waals surface area contributed by atoms with Crippen molar-refractivity contribution in [3.63, 3.8) is 0 Å². The fraction of sp³-hybridized carbons (Fsp3) is 1.00. The third-order valence-electron chi connectivity index (χ3n) is 9.59. The Morgan fingerprint density at radius 1 is 0.524 bits per heavy atom. The summed E-state index contributed by atoms with van der Waals surface area (Å²) in [7, 11) is 0. The van der Waals surface area contributed by atoms with Crippen LogP contribution in [0.15, 0.2) is 20.7 Å². The van der Waals surface area contributed by atoms with E-state index in [-0.39, 0.29) is 6.10 Å².